The number of benzene rings is 1. The summed E-state index contributed by atoms with van der Waals surface area (Å²) >= 11 is 0. The zero-order valence-electron chi connectivity index (χ0n) is 11.5. The molecular formula is C17H25N. The third kappa shape index (κ3) is 4.21. The molecule has 0 bridgehead atoms. The number of rotatable bonds is 6. The van der Waals surface area contributed by atoms with Crippen molar-refractivity contribution in [1.29, 1.82) is 0 Å². The first-order valence-corrected chi connectivity index (χ1v) is 7.22. The highest BCUT2D eigenvalue weighted by molar-refractivity contribution is 5.16. The van der Waals surface area contributed by atoms with Crippen LogP contribution in [0.15, 0.2) is 42.6 Å². The molecule has 0 aliphatic heterocycles. The molecule has 1 fully saturated rings. The molecule has 0 radical (unpaired) electrons. The fourth-order valence-corrected chi connectivity index (χ4v) is 2.99. The molecule has 1 saturated carbocycles. The Bertz CT molecular complexity index is 362. The maximum atomic E-state index is 4.19. The molecule has 1 nitrogen and oxygen atoms in total. The van der Waals surface area contributed by atoms with E-state index in [1.165, 1.54) is 43.4 Å². The summed E-state index contributed by atoms with van der Waals surface area (Å²) in [5.74, 6) is 0.883. The summed E-state index contributed by atoms with van der Waals surface area (Å²) in [4.78, 5) is 0. The minimum absolute atomic E-state index is 0.473. The van der Waals surface area contributed by atoms with Gasteiger partial charge in [0.25, 0.3) is 0 Å². The van der Waals surface area contributed by atoms with Gasteiger partial charge in [0, 0.05) is 11.7 Å². The quantitative estimate of drug-likeness (QED) is 0.785. The number of hydrogen-bond acceptors (Lipinski definition) is 1. The zero-order valence-corrected chi connectivity index (χ0v) is 11.5. The molecule has 1 aliphatic carbocycles. The van der Waals surface area contributed by atoms with Crippen molar-refractivity contribution < 1.29 is 0 Å². The summed E-state index contributed by atoms with van der Waals surface area (Å²) in [6, 6.07) is 11.1. The average molecular weight is 243 g/mol. The summed E-state index contributed by atoms with van der Waals surface area (Å²) < 4.78 is 0. The third-order valence-corrected chi connectivity index (χ3v) is 3.85. The Morgan fingerprint density at radius 2 is 1.94 bits per heavy atom. The maximum absolute atomic E-state index is 4.19. The molecule has 0 spiro atoms. The van der Waals surface area contributed by atoms with Gasteiger partial charge in [-0.15, -0.1) is 0 Å². The Kier molecular flexibility index (Phi) is 4.86. The highest BCUT2D eigenvalue weighted by Gasteiger charge is 2.16. The van der Waals surface area contributed by atoms with E-state index in [0.717, 1.165) is 12.3 Å². The fraction of sp³-hybridized carbons (Fsp3) is 0.529. The third-order valence-electron chi connectivity index (χ3n) is 3.85. The minimum atomic E-state index is 0.473. The Balaban J connectivity index is 1.73. The first-order chi connectivity index (χ1) is 8.74. The van der Waals surface area contributed by atoms with Gasteiger partial charge in [-0.2, -0.15) is 0 Å². The molecule has 0 aromatic heterocycles. The molecule has 1 aromatic rings. The lowest BCUT2D eigenvalue weighted by atomic mass is 10.0. The van der Waals surface area contributed by atoms with Gasteiger partial charge in [-0.25, -0.2) is 0 Å². The van der Waals surface area contributed by atoms with Crippen LogP contribution in [-0.4, -0.2) is 6.04 Å². The van der Waals surface area contributed by atoms with Gasteiger partial charge in [-0.05, 0) is 31.2 Å². The Morgan fingerprint density at radius 1 is 1.28 bits per heavy atom. The lowest BCUT2D eigenvalue weighted by Crippen LogP contribution is -2.27. The first-order valence-electron chi connectivity index (χ1n) is 7.22. The molecule has 1 unspecified atom stereocenters. The second kappa shape index (κ2) is 6.63. The van der Waals surface area contributed by atoms with Crippen LogP contribution in [0.3, 0.4) is 0 Å². The summed E-state index contributed by atoms with van der Waals surface area (Å²) in [5, 5.41) is 3.56. The van der Waals surface area contributed by atoms with Gasteiger partial charge in [0.2, 0.25) is 0 Å². The molecule has 18 heavy (non-hydrogen) atoms. The van der Waals surface area contributed by atoms with Crippen molar-refractivity contribution in [2.45, 2.75) is 51.5 Å². The highest BCUT2D eigenvalue weighted by Crippen LogP contribution is 2.29. The van der Waals surface area contributed by atoms with Crippen LogP contribution in [0.4, 0.5) is 0 Å². The van der Waals surface area contributed by atoms with Crippen LogP contribution in [0.2, 0.25) is 0 Å². The van der Waals surface area contributed by atoms with Gasteiger partial charge < -0.3 is 5.32 Å². The van der Waals surface area contributed by atoms with Crippen molar-refractivity contribution in [3.8, 4) is 0 Å². The zero-order chi connectivity index (χ0) is 12.8. The summed E-state index contributed by atoms with van der Waals surface area (Å²) in [6.45, 7) is 6.43. The fourth-order valence-electron chi connectivity index (χ4n) is 2.99. The predicted molar refractivity (Wildman–Crippen MR) is 78.5 cm³/mol. The normalized spacial score (nSPS) is 17.6. The number of hydrogen-bond donors (Lipinski definition) is 1. The van der Waals surface area contributed by atoms with Crippen LogP contribution < -0.4 is 5.32 Å². The first kappa shape index (κ1) is 13.2. The number of allylic oxidation sites excluding steroid dienone is 1. The molecule has 1 N–H and O–H groups in total. The van der Waals surface area contributed by atoms with Gasteiger partial charge in [-0.3, -0.25) is 0 Å². The van der Waals surface area contributed by atoms with E-state index < -0.39 is 0 Å². The summed E-state index contributed by atoms with van der Waals surface area (Å²) in [7, 11) is 0. The molecule has 0 saturated heterocycles. The highest BCUT2D eigenvalue weighted by atomic mass is 14.9. The van der Waals surface area contributed by atoms with Crippen molar-refractivity contribution >= 4 is 0 Å². The van der Waals surface area contributed by atoms with Crippen LogP contribution in [-0.2, 0) is 6.42 Å². The maximum Gasteiger partial charge on any atom is 0.0270 e. The van der Waals surface area contributed by atoms with Crippen molar-refractivity contribution in [2.75, 3.05) is 0 Å². The van der Waals surface area contributed by atoms with Crippen LogP contribution in [0, 0.1) is 5.92 Å². The monoisotopic (exact) mass is 243 g/mol. The lowest BCUT2D eigenvalue weighted by molar-refractivity contribution is 0.500. The summed E-state index contributed by atoms with van der Waals surface area (Å²) in [5.41, 5.74) is 2.62. The molecule has 0 heterocycles. The molecular weight excluding hydrogens is 218 g/mol. The van der Waals surface area contributed by atoms with E-state index in [-0.39, 0.29) is 0 Å². The predicted octanol–water partition coefficient (Wildman–Crippen LogP) is 4.30. The van der Waals surface area contributed by atoms with Crippen LogP contribution >= 0.6 is 0 Å². The van der Waals surface area contributed by atoms with E-state index in [0.29, 0.717) is 6.04 Å². The van der Waals surface area contributed by atoms with E-state index in [1.807, 2.05) is 0 Å². The Morgan fingerprint density at radius 3 is 2.61 bits per heavy atom. The van der Waals surface area contributed by atoms with Crippen LogP contribution in [0.1, 0.15) is 44.6 Å². The van der Waals surface area contributed by atoms with Crippen LogP contribution in [0.25, 0.3) is 0 Å². The SMILES string of the molecule is C=C(CC1CCCC1)NC(C)Cc1ccccc1. The van der Waals surface area contributed by atoms with E-state index in [1.54, 1.807) is 0 Å². The number of nitrogens with one attached hydrogen (secondary N) is 1. The second-order valence-corrected chi connectivity index (χ2v) is 5.69. The minimum Gasteiger partial charge on any atom is -0.386 e. The topological polar surface area (TPSA) is 12.0 Å². The summed E-state index contributed by atoms with van der Waals surface area (Å²) in [6.07, 6.45) is 7.86. The largest absolute Gasteiger partial charge is 0.386 e. The van der Waals surface area contributed by atoms with Gasteiger partial charge in [0.05, 0.1) is 0 Å². The lowest BCUT2D eigenvalue weighted by Gasteiger charge is -2.19. The van der Waals surface area contributed by atoms with Crippen molar-refractivity contribution in [3.63, 3.8) is 0 Å². The average Bonchev–Trinajstić information content (AvgIpc) is 2.82. The molecule has 0 amide bonds. The second-order valence-electron chi connectivity index (χ2n) is 5.69. The molecule has 1 heteroatoms. The standard InChI is InChI=1S/C17H25N/c1-14(12-16-8-4-3-5-9-16)18-15(2)13-17-10-6-7-11-17/h3-5,8-9,14,17-18H,2,6-7,10-13H2,1H3. The van der Waals surface area contributed by atoms with Gasteiger partial charge in [-0.1, -0.05) is 62.6 Å². The van der Waals surface area contributed by atoms with Crippen molar-refractivity contribution in [3.05, 3.63) is 48.2 Å². The molecule has 1 atom stereocenters. The van der Waals surface area contributed by atoms with E-state index >= 15 is 0 Å². The molecule has 1 aliphatic rings. The van der Waals surface area contributed by atoms with E-state index in [4.69, 9.17) is 0 Å². The molecule has 2 rings (SSSR count). The van der Waals surface area contributed by atoms with Gasteiger partial charge >= 0.3 is 0 Å². The Labute approximate surface area is 111 Å². The smallest absolute Gasteiger partial charge is 0.0270 e. The molecule has 1 aromatic carbocycles. The van der Waals surface area contributed by atoms with Gasteiger partial charge in [0.15, 0.2) is 0 Å². The van der Waals surface area contributed by atoms with E-state index in [2.05, 4.69) is 49.2 Å². The molecule has 98 valence electrons. The Hall–Kier alpha value is -1.24. The van der Waals surface area contributed by atoms with Crippen molar-refractivity contribution in [1.82, 2.24) is 5.32 Å². The van der Waals surface area contributed by atoms with E-state index in [9.17, 15) is 0 Å². The van der Waals surface area contributed by atoms with Crippen molar-refractivity contribution in [2.24, 2.45) is 5.92 Å². The van der Waals surface area contributed by atoms with Crippen LogP contribution in [0.5, 0.6) is 0 Å². The van der Waals surface area contributed by atoms with Gasteiger partial charge in [0.1, 0.15) is 0 Å².